The standard InChI is InChI=1S/3C19H17ClFN5S/c3*20-17-8-15-18(23-11-24-19(15)27-17)25-14-3-5-26(6-4-14)10-12-1-2-16(21)13(7-12)9-22/h3*1-2,7-8,11,14H,3-6,10H2,(H,23,24,25)/i2D,8D,10D,11D,14D;2D,8D,10D,14D;2D,8D,10D/hD3. The van der Waals surface area contributed by atoms with Crippen LogP contribution in [0.3, 0.4) is 0 Å². The Hall–Kier alpha value is -6.81. The van der Waals surface area contributed by atoms with Gasteiger partial charge in [-0.15, -0.1) is 34.0 Å². The van der Waals surface area contributed by atoms with Crippen LogP contribution in [0.4, 0.5) is 30.6 Å². The topological polar surface area (TPSA) is 195 Å². The molecule has 3 aliphatic rings. The Balaban J connectivity index is 0.000000157. The minimum Gasteiger partial charge on any atom is -0.367 e. The van der Waals surface area contributed by atoms with Crippen molar-refractivity contribution in [1.29, 1.82) is 15.8 Å². The molecule has 0 saturated carbocycles. The summed E-state index contributed by atoms with van der Waals surface area (Å²) in [4.78, 5) is 31.2. The predicted molar refractivity (Wildman–Crippen MR) is 316 cm³/mol. The van der Waals surface area contributed by atoms with E-state index in [0.29, 0.717) is 91.1 Å². The van der Waals surface area contributed by atoms with E-state index in [0.717, 1.165) is 33.3 Å². The first-order chi connectivity index (χ1) is 45.5. The van der Waals surface area contributed by atoms with Gasteiger partial charge in [0.15, 0.2) is 4.24 Å². The number of halogens is 6. The number of benzene rings is 3. The Labute approximate surface area is 513 Å². The molecule has 3 aromatic carbocycles. The van der Waals surface area contributed by atoms with Crippen LogP contribution in [0, 0.1) is 51.4 Å². The van der Waals surface area contributed by atoms with E-state index in [1.807, 2.05) is 4.90 Å². The molecular weight excluding hydrogens is 1150 g/mol. The number of hydrogen-bond donors (Lipinski definition) is 3. The molecule has 3 fully saturated rings. The van der Waals surface area contributed by atoms with Gasteiger partial charge in [0.25, 0.3) is 0 Å². The summed E-state index contributed by atoms with van der Waals surface area (Å²) in [5, 5.41) is 31.4. The summed E-state index contributed by atoms with van der Waals surface area (Å²) < 4.78 is 167. The van der Waals surface area contributed by atoms with Crippen LogP contribution in [-0.4, -0.2) is 102 Å². The number of anilines is 3. The van der Waals surface area contributed by atoms with Gasteiger partial charge >= 0.3 is 0 Å². The third kappa shape index (κ3) is 14.8. The fourth-order valence-electron chi connectivity index (χ4n) is 8.74. The molecule has 3 unspecified atom stereocenters. The van der Waals surface area contributed by atoms with Gasteiger partial charge in [0.05, 0.1) is 56.8 Å². The SMILES string of the molecule is [2H]c1cc(C([2H])N2CCC(N([2H])c3ncnc4sc(Cl)c([2H])c34)CC2)cc(C#N)c1F.[2H]c1cc(C([2H])N2CCC([2H])(N([2H])c3ncnc4sc(Cl)c([2H])c34)CC2)cc(C#N)c1F.[2H]c1nc(N([2H])C2([2H])CCN(C([2H])c3cc([2H])c(F)c(C#N)c3)CC2)c2c([2H])c(Cl)sc2n1. The van der Waals surface area contributed by atoms with E-state index in [4.69, 9.17) is 71.3 Å². The lowest BCUT2D eigenvalue weighted by molar-refractivity contribution is 0.211. The molecule has 414 valence electrons. The molecule has 0 spiro atoms. The van der Waals surface area contributed by atoms with Crippen molar-refractivity contribution in [2.45, 2.75) is 76.2 Å². The van der Waals surface area contributed by atoms with Crippen molar-refractivity contribution in [2.75, 3.05) is 55.2 Å². The first-order valence-corrected chi connectivity index (χ1v) is 28.3. The predicted octanol–water partition coefficient (Wildman–Crippen LogP) is 13.3. The molecule has 0 amide bonds. The van der Waals surface area contributed by atoms with E-state index in [2.05, 4.69) is 29.9 Å². The van der Waals surface area contributed by atoms with E-state index in [1.165, 1.54) is 65.7 Å². The maximum Gasteiger partial charge on any atom is 0.162 e. The van der Waals surface area contributed by atoms with Crippen LogP contribution >= 0.6 is 68.8 Å². The van der Waals surface area contributed by atoms with Crippen molar-refractivity contribution < 1.29 is 33.9 Å². The molecule has 0 aliphatic carbocycles. The average molecular weight is 1220 g/mol. The molecule has 15 nitrogen and oxygen atoms in total. The molecular formula is C57H51Cl3F3N15S3. The van der Waals surface area contributed by atoms with Gasteiger partial charge in [-0.05, 0) is 110 Å². The third-order valence-corrected chi connectivity index (χ3v) is 16.1. The van der Waals surface area contributed by atoms with E-state index in [9.17, 15) is 13.2 Å². The number of rotatable bonds is 12. The molecule has 24 heteroatoms. The first-order valence-electron chi connectivity index (χ1n) is 32.3. The fraction of sp³-hybridized carbons (Fsp3) is 0.316. The molecule has 6 aromatic heterocycles. The number of piperidine rings is 3. The first kappa shape index (κ1) is 41.2. The number of thiophene rings is 3. The lowest BCUT2D eigenvalue weighted by Crippen LogP contribution is -2.38. The second-order valence-corrected chi connectivity index (χ2v) is 22.9. The van der Waals surface area contributed by atoms with E-state index < -0.39 is 67.2 Å². The third-order valence-electron chi connectivity index (χ3n) is 12.7. The number of fused-ring (bicyclic) bond motifs is 3. The van der Waals surface area contributed by atoms with Crippen molar-refractivity contribution >= 4 is 117 Å². The maximum atomic E-state index is 13.8. The van der Waals surface area contributed by atoms with Crippen molar-refractivity contribution in [3.8, 4) is 18.2 Å². The summed E-state index contributed by atoms with van der Waals surface area (Å²) in [6.45, 7) is -0.626. The van der Waals surface area contributed by atoms with Gasteiger partial charge in [0.1, 0.15) is 87.9 Å². The molecule has 9 heterocycles. The second kappa shape index (κ2) is 26.8. The Morgan fingerprint density at radius 3 is 1.27 bits per heavy atom. The zero-order valence-electron chi connectivity index (χ0n) is 57.1. The van der Waals surface area contributed by atoms with Crippen molar-refractivity contribution in [2.24, 2.45) is 0 Å². The molecule has 3 N–H and O–H groups in total. The normalized spacial score (nSPS) is 20.3. The van der Waals surface area contributed by atoms with Gasteiger partial charge in [-0.2, -0.15) is 15.8 Å². The summed E-state index contributed by atoms with van der Waals surface area (Å²) in [6, 6.07) is 8.58. The van der Waals surface area contributed by atoms with E-state index in [1.54, 1.807) is 28.0 Å². The highest BCUT2D eigenvalue weighted by atomic mass is 35.5. The average Bonchev–Trinajstić information content (AvgIpc) is 1.53. The van der Waals surface area contributed by atoms with Gasteiger partial charge in [0, 0.05) is 81.0 Å². The van der Waals surface area contributed by atoms with Crippen LogP contribution in [-0.2, 0) is 19.6 Å². The van der Waals surface area contributed by atoms with Gasteiger partial charge in [0.2, 0.25) is 0 Å². The van der Waals surface area contributed by atoms with Crippen LogP contribution in [0.25, 0.3) is 30.6 Å². The zero-order chi connectivity index (χ0) is 69.6. The number of aromatic nitrogens is 6. The van der Waals surface area contributed by atoms with Crippen LogP contribution < -0.4 is 15.9 Å². The maximum absolute atomic E-state index is 13.8. The Morgan fingerprint density at radius 2 is 0.889 bits per heavy atom. The summed E-state index contributed by atoms with van der Waals surface area (Å²) >= 11 is 21.5. The Kier molecular flexibility index (Phi) is 13.7. The number of likely N-dealkylation sites (tertiary alicyclic amines) is 3. The largest absolute Gasteiger partial charge is 0.367 e. The fourth-order valence-corrected chi connectivity index (χ4v) is 11.7. The van der Waals surface area contributed by atoms with E-state index in [-0.39, 0.29) is 112 Å². The molecule has 3 atom stereocenters. The monoisotopic (exact) mass is 1220 g/mol. The Morgan fingerprint density at radius 1 is 0.543 bits per heavy atom. The molecule has 3 saturated heterocycles. The second-order valence-electron chi connectivity index (χ2n) is 18.1. The lowest BCUT2D eigenvalue weighted by atomic mass is 10.0. The number of nitrogens with one attached hydrogen (secondary N) is 3. The summed E-state index contributed by atoms with van der Waals surface area (Å²) in [5.74, 6) is -2.24. The minimum absolute atomic E-state index is 0.0277. The van der Waals surface area contributed by atoms with Gasteiger partial charge in [-0.25, -0.2) is 43.1 Å². The van der Waals surface area contributed by atoms with Crippen LogP contribution in [0.15, 0.2) is 91.6 Å². The van der Waals surface area contributed by atoms with Crippen LogP contribution in [0.2, 0.25) is 17.2 Å². The summed E-state index contributed by atoms with van der Waals surface area (Å²) in [5.41, 5.74) is 0.230. The summed E-state index contributed by atoms with van der Waals surface area (Å²) in [7, 11) is 0. The highest BCUT2D eigenvalue weighted by molar-refractivity contribution is 7.23. The highest BCUT2D eigenvalue weighted by Crippen LogP contribution is 2.35. The lowest BCUT2D eigenvalue weighted by Gasteiger charge is -2.32. The zero-order valence-corrected chi connectivity index (χ0v) is 46.8. The van der Waals surface area contributed by atoms with E-state index >= 15 is 0 Å². The van der Waals surface area contributed by atoms with Crippen LogP contribution in [0.1, 0.15) is 88.4 Å². The molecule has 81 heavy (non-hydrogen) atoms. The Bertz CT molecular complexity index is 4580. The molecule has 3 aliphatic heterocycles. The number of nitrogens with zero attached hydrogens (tertiary/aromatic N) is 12. The molecule has 0 bridgehead atoms. The van der Waals surface area contributed by atoms with Gasteiger partial charge < -0.3 is 15.9 Å². The molecule has 9 aromatic rings. The molecule has 0 radical (unpaired) electrons. The van der Waals surface area contributed by atoms with Gasteiger partial charge in [-0.1, -0.05) is 53.0 Å². The quantitative estimate of drug-likeness (QED) is 0.104. The molecule has 12 rings (SSSR count). The van der Waals surface area contributed by atoms with Crippen LogP contribution in [0.5, 0.6) is 0 Å². The van der Waals surface area contributed by atoms with Crippen molar-refractivity contribution in [1.82, 2.24) is 44.6 Å². The smallest absolute Gasteiger partial charge is 0.162 e. The van der Waals surface area contributed by atoms with Crippen molar-refractivity contribution in [3.05, 3.63) is 155 Å². The number of hydrogen-bond acceptors (Lipinski definition) is 18. The summed E-state index contributed by atoms with van der Waals surface area (Å²) in [6.07, 6.45) is 4.18. The van der Waals surface area contributed by atoms with Gasteiger partial charge in [-0.3, -0.25) is 14.7 Å². The van der Waals surface area contributed by atoms with Crippen molar-refractivity contribution in [3.63, 3.8) is 0 Å². The minimum atomic E-state index is -1.44. The highest BCUT2D eigenvalue weighted by Gasteiger charge is 2.24. The number of nitriles is 3.